The van der Waals surface area contributed by atoms with E-state index < -0.39 is 18.1 Å². The first-order chi connectivity index (χ1) is 16.8. The van der Waals surface area contributed by atoms with Crippen LogP contribution in [0.15, 0.2) is 30.6 Å². The topological polar surface area (TPSA) is 116 Å². The summed E-state index contributed by atoms with van der Waals surface area (Å²) in [7, 11) is 6.15. The minimum absolute atomic E-state index is 0.205. The summed E-state index contributed by atoms with van der Waals surface area (Å²) in [6.45, 7) is 2.64. The lowest BCUT2D eigenvalue weighted by Gasteiger charge is -2.37. The third kappa shape index (κ3) is 5.03. The summed E-state index contributed by atoms with van der Waals surface area (Å²) in [5, 5.41) is 10.4. The van der Waals surface area contributed by atoms with Crippen LogP contribution in [0.5, 0.6) is 5.75 Å². The summed E-state index contributed by atoms with van der Waals surface area (Å²) in [4.78, 5) is 23.4. The van der Waals surface area contributed by atoms with Crippen molar-refractivity contribution in [2.24, 2.45) is 0 Å². The Hall–Kier alpha value is -3.77. The average molecular weight is 486 g/mol. The number of hydrogen-bond acceptors (Lipinski definition) is 9. The molecule has 1 atom stereocenters. The summed E-state index contributed by atoms with van der Waals surface area (Å²) >= 11 is 0. The molecule has 186 valence electrons. The zero-order valence-corrected chi connectivity index (χ0v) is 20.2. The molecule has 1 aliphatic rings. The van der Waals surface area contributed by atoms with Gasteiger partial charge >= 0.3 is 0 Å². The molecule has 11 nitrogen and oxygen atoms in total. The van der Waals surface area contributed by atoms with Crippen LogP contribution in [-0.2, 0) is 27.4 Å². The number of anilines is 3. The maximum Gasteiger partial charge on any atom is 0.252 e. The Balaban J connectivity index is 1.46. The molecule has 1 amide bonds. The van der Waals surface area contributed by atoms with Gasteiger partial charge in [0.05, 0.1) is 25.5 Å². The second-order valence-corrected chi connectivity index (χ2v) is 8.08. The second-order valence-electron chi connectivity index (χ2n) is 8.08. The van der Waals surface area contributed by atoms with E-state index in [1.165, 1.54) is 27.4 Å². The summed E-state index contributed by atoms with van der Waals surface area (Å²) < 4.78 is 31.2. The molecule has 2 N–H and O–H groups in total. The van der Waals surface area contributed by atoms with Crippen molar-refractivity contribution in [3.8, 4) is 5.75 Å². The summed E-state index contributed by atoms with van der Waals surface area (Å²) in [5.74, 6) is 0.492. The smallest absolute Gasteiger partial charge is 0.252 e. The molecule has 3 aromatic rings. The van der Waals surface area contributed by atoms with Crippen molar-refractivity contribution in [2.45, 2.75) is 32.3 Å². The van der Waals surface area contributed by atoms with Crippen LogP contribution < -0.4 is 20.3 Å². The lowest BCUT2D eigenvalue weighted by Crippen LogP contribution is -2.54. The van der Waals surface area contributed by atoms with E-state index in [0.717, 1.165) is 11.1 Å². The second kappa shape index (κ2) is 10.2. The highest BCUT2D eigenvalue weighted by atomic mass is 19.1. The molecule has 0 aliphatic carbocycles. The molecular formula is C23H28FN7O4. The fourth-order valence-corrected chi connectivity index (χ4v) is 3.96. The Labute approximate surface area is 202 Å². The lowest BCUT2D eigenvalue weighted by atomic mass is 10.1. The van der Waals surface area contributed by atoms with Gasteiger partial charge in [0, 0.05) is 39.6 Å². The van der Waals surface area contributed by atoms with Gasteiger partial charge in [-0.2, -0.15) is 10.1 Å². The molecule has 0 unspecified atom stereocenters. The highest BCUT2D eigenvalue weighted by molar-refractivity contribution is 6.03. The fraction of sp³-hybridized carbons (Fsp3) is 0.391. The van der Waals surface area contributed by atoms with Crippen molar-refractivity contribution < 1.29 is 23.4 Å². The first-order valence-corrected chi connectivity index (χ1v) is 10.9. The third-order valence-corrected chi connectivity index (χ3v) is 5.76. The Kier molecular flexibility index (Phi) is 7.12. The van der Waals surface area contributed by atoms with E-state index in [-0.39, 0.29) is 11.7 Å². The van der Waals surface area contributed by atoms with Crippen LogP contribution in [0.25, 0.3) is 0 Å². The van der Waals surface area contributed by atoms with Gasteiger partial charge in [0.15, 0.2) is 29.7 Å². The highest BCUT2D eigenvalue weighted by Gasteiger charge is 2.39. The molecule has 2 aromatic heterocycles. The number of aromatic nitrogens is 4. The monoisotopic (exact) mass is 485 g/mol. The molecule has 0 fully saturated rings. The highest BCUT2D eigenvalue weighted by Crippen LogP contribution is 2.33. The lowest BCUT2D eigenvalue weighted by molar-refractivity contribution is -0.141. The zero-order valence-electron chi connectivity index (χ0n) is 20.2. The standard InChI is InChI=1S/C23H28FN7O4/c1-13-18-20(30(2)19(21(32)28-18)22(34-4)35-5)29-23(27-13)25-9-15-10-26-31(12-15)11-14-6-7-17(33-3)16(24)8-14/h6-8,10,12,19,22H,9,11H2,1-5H3,(H,28,32)(H,25,27,29)/t19-/m1/s1. The maximum absolute atomic E-state index is 14.0. The van der Waals surface area contributed by atoms with Gasteiger partial charge in [-0.05, 0) is 24.6 Å². The molecule has 1 aromatic carbocycles. The Morgan fingerprint density at radius 3 is 2.66 bits per heavy atom. The van der Waals surface area contributed by atoms with E-state index in [4.69, 9.17) is 14.2 Å². The number of halogens is 1. The van der Waals surface area contributed by atoms with Crippen molar-refractivity contribution in [1.82, 2.24) is 19.7 Å². The van der Waals surface area contributed by atoms with Crippen LogP contribution in [-0.4, -0.2) is 66.4 Å². The predicted octanol–water partition coefficient (Wildman–Crippen LogP) is 2.17. The van der Waals surface area contributed by atoms with Crippen molar-refractivity contribution in [3.63, 3.8) is 0 Å². The molecule has 0 saturated heterocycles. The van der Waals surface area contributed by atoms with Gasteiger partial charge < -0.3 is 29.7 Å². The average Bonchev–Trinajstić information content (AvgIpc) is 3.28. The van der Waals surface area contributed by atoms with Crippen LogP contribution >= 0.6 is 0 Å². The van der Waals surface area contributed by atoms with Crippen molar-refractivity contribution >= 4 is 23.4 Å². The minimum Gasteiger partial charge on any atom is -0.494 e. The van der Waals surface area contributed by atoms with Gasteiger partial charge in [-0.15, -0.1) is 0 Å². The number of benzene rings is 1. The Morgan fingerprint density at radius 1 is 1.20 bits per heavy atom. The fourth-order valence-electron chi connectivity index (χ4n) is 3.96. The van der Waals surface area contributed by atoms with E-state index in [0.29, 0.717) is 36.2 Å². The number of carbonyl (C=O) groups is 1. The molecule has 0 radical (unpaired) electrons. The van der Waals surface area contributed by atoms with E-state index >= 15 is 0 Å². The summed E-state index contributed by atoms with van der Waals surface area (Å²) in [6, 6.07) is 4.12. The van der Waals surface area contributed by atoms with E-state index in [1.54, 1.807) is 41.9 Å². The first-order valence-electron chi connectivity index (χ1n) is 10.9. The van der Waals surface area contributed by atoms with Crippen LogP contribution in [0, 0.1) is 12.7 Å². The molecule has 3 heterocycles. The molecule has 35 heavy (non-hydrogen) atoms. The Morgan fingerprint density at radius 2 is 1.97 bits per heavy atom. The number of rotatable bonds is 9. The maximum atomic E-state index is 14.0. The molecule has 1 aliphatic heterocycles. The molecule has 12 heteroatoms. The summed E-state index contributed by atoms with van der Waals surface area (Å²) in [6.07, 6.45) is 2.83. The Bertz CT molecular complexity index is 1210. The van der Waals surface area contributed by atoms with Crippen molar-refractivity contribution in [1.29, 1.82) is 0 Å². The number of amides is 1. The molecule has 0 saturated carbocycles. The van der Waals surface area contributed by atoms with Gasteiger partial charge in [-0.25, -0.2) is 9.37 Å². The molecule has 0 bridgehead atoms. The van der Waals surface area contributed by atoms with E-state index in [9.17, 15) is 9.18 Å². The number of aryl methyl sites for hydroxylation is 1. The quantitative estimate of drug-likeness (QED) is 0.440. The number of ether oxygens (including phenoxy) is 3. The van der Waals surface area contributed by atoms with Crippen molar-refractivity contribution in [3.05, 3.63) is 53.2 Å². The van der Waals surface area contributed by atoms with Crippen molar-refractivity contribution in [2.75, 3.05) is 43.9 Å². The number of likely N-dealkylation sites (N-methyl/N-ethyl adjacent to an activating group) is 1. The minimum atomic E-state index is -0.759. The summed E-state index contributed by atoms with van der Waals surface area (Å²) in [5.41, 5.74) is 2.84. The number of methoxy groups -OCH3 is 3. The number of fused-ring (bicyclic) bond motifs is 1. The normalized spacial score (nSPS) is 15.2. The van der Waals surface area contributed by atoms with Gasteiger partial charge in [0.2, 0.25) is 5.95 Å². The number of carbonyl (C=O) groups excluding carboxylic acids is 1. The number of nitrogens with one attached hydrogen (secondary N) is 2. The number of nitrogens with zero attached hydrogens (tertiary/aromatic N) is 5. The van der Waals surface area contributed by atoms with Crippen LogP contribution in [0.1, 0.15) is 16.8 Å². The van der Waals surface area contributed by atoms with Gasteiger partial charge in [-0.1, -0.05) is 6.07 Å². The van der Waals surface area contributed by atoms with Gasteiger partial charge in [0.1, 0.15) is 5.69 Å². The SMILES string of the molecule is COc1ccc(Cn2cc(CNc3nc(C)c4c(n3)N(C)[C@@H](C(OC)OC)C(=O)N4)cn2)cc1F. The van der Waals surface area contributed by atoms with Crippen LogP contribution in [0.2, 0.25) is 0 Å². The predicted molar refractivity (Wildman–Crippen MR) is 127 cm³/mol. The van der Waals surface area contributed by atoms with Gasteiger partial charge in [0.25, 0.3) is 5.91 Å². The molecule has 4 rings (SSSR count). The zero-order chi connectivity index (χ0) is 25.1. The van der Waals surface area contributed by atoms with Crippen LogP contribution in [0.3, 0.4) is 0 Å². The van der Waals surface area contributed by atoms with Crippen LogP contribution in [0.4, 0.5) is 21.8 Å². The number of hydrogen-bond donors (Lipinski definition) is 2. The van der Waals surface area contributed by atoms with Gasteiger partial charge in [-0.3, -0.25) is 9.48 Å². The van der Waals surface area contributed by atoms with E-state index in [1.807, 2.05) is 6.20 Å². The largest absolute Gasteiger partial charge is 0.494 e. The molecule has 0 spiro atoms. The molecular weight excluding hydrogens is 457 g/mol. The first kappa shape index (κ1) is 24.4. The van der Waals surface area contributed by atoms with E-state index in [2.05, 4.69) is 25.7 Å². The third-order valence-electron chi connectivity index (χ3n) is 5.76.